The van der Waals surface area contributed by atoms with Gasteiger partial charge in [-0.25, -0.2) is 0 Å². The molecule has 0 amide bonds. The molecule has 3 heterocycles. The van der Waals surface area contributed by atoms with Crippen molar-refractivity contribution in [1.29, 1.82) is 0 Å². The quantitative estimate of drug-likeness (QED) is 0.374. The lowest BCUT2D eigenvalue weighted by molar-refractivity contribution is 0.174. The van der Waals surface area contributed by atoms with Crippen LogP contribution in [0, 0.1) is 0 Å². The Kier molecular flexibility index (Phi) is 6.00. The maximum absolute atomic E-state index is 5.81. The molecule has 8 heteroatoms. The fourth-order valence-electron chi connectivity index (χ4n) is 4.23. The first-order valence-corrected chi connectivity index (χ1v) is 11.6. The number of fused-ring (bicyclic) bond motifs is 1. The third kappa shape index (κ3) is 4.18. The third-order valence-electron chi connectivity index (χ3n) is 6.00. The topological polar surface area (TPSA) is 72.7 Å². The standard InChI is InChI=1S/C25H26N4O3S/c1-3-4-8-13-29-16(2)21(22(26-25(29)33)17-9-6-5-7-10-17)24-27-23(28-32-24)18-11-12-19-20(14-18)31-15-30-19/h5-7,9-12,14,22H,3-4,8,13,15H2,1-2H3,(H,26,33). The number of hydrogen-bond donors (Lipinski definition) is 1. The molecule has 0 saturated heterocycles. The number of benzene rings is 2. The molecule has 7 nitrogen and oxygen atoms in total. The van der Waals surface area contributed by atoms with Gasteiger partial charge in [-0.3, -0.25) is 0 Å². The van der Waals surface area contributed by atoms with E-state index in [2.05, 4.69) is 41.4 Å². The van der Waals surface area contributed by atoms with Crippen LogP contribution in [-0.2, 0) is 0 Å². The van der Waals surface area contributed by atoms with Crippen molar-refractivity contribution in [2.45, 2.75) is 39.2 Å². The molecule has 1 aromatic heterocycles. The first-order valence-electron chi connectivity index (χ1n) is 11.2. The average Bonchev–Trinajstić information content (AvgIpc) is 3.50. The Labute approximate surface area is 198 Å². The molecule has 3 aromatic rings. The molecule has 1 N–H and O–H groups in total. The van der Waals surface area contributed by atoms with Gasteiger partial charge in [-0.2, -0.15) is 4.98 Å². The molecule has 2 aliphatic rings. The van der Waals surface area contributed by atoms with Crippen LogP contribution in [0.1, 0.15) is 50.6 Å². The van der Waals surface area contributed by atoms with E-state index >= 15 is 0 Å². The Bertz CT molecular complexity index is 1190. The predicted molar refractivity (Wildman–Crippen MR) is 130 cm³/mol. The number of thiocarbonyl (C=S) groups is 1. The zero-order valence-corrected chi connectivity index (χ0v) is 19.5. The van der Waals surface area contributed by atoms with Crippen molar-refractivity contribution in [1.82, 2.24) is 20.4 Å². The molecule has 0 aliphatic carbocycles. The Morgan fingerprint density at radius 2 is 1.91 bits per heavy atom. The van der Waals surface area contributed by atoms with Gasteiger partial charge in [0.05, 0.1) is 11.6 Å². The molecule has 2 aliphatic heterocycles. The molecule has 33 heavy (non-hydrogen) atoms. The maximum atomic E-state index is 5.81. The monoisotopic (exact) mass is 462 g/mol. The molecule has 0 spiro atoms. The van der Waals surface area contributed by atoms with Crippen molar-refractivity contribution in [2.75, 3.05) is 13.3 Å². The molecule has 1 unspecified atom stereocenters. The summed E-state index contributed by atoms with van der Waals surface area (Å²) >= 11 is 5.75. The van der Waals surface area contributed by atoms with Crippen LogP contribution in [0.4, 0.5) is 0 Å². The number of nitrogens with one attached hydrogen (secondary N) is 1. The van der Waals surface area contributed by atoms with E-state index in [0.29, 0.717) is 17.5 Å². The van der Waals surface area contributed by atoms with Gasteiger partial charge in [-0.1, -0.05) is 55.3 Å². The van der Waals surface area contributed by atoms with Gasteiger partial charge in [-0.05, 0) is 49.3 Å². The zero-order valence-electron chi connectivity index (χ0n) is 18.7. The van der Waals surface area contributed by atoms with E-state index in [4.69, 9.17) is 31.2 Å². The SMILES string of the molecule is CCCCCN1C(=S)NC(c2ccccc2)C(c2nc(-c3ccc4c(c3)OCO4)no2)=C1C. The fourth-order valence-corrected chi connectivity index (χ4v) is 4.57. The Balaban J connectivity index is 1.54. The lowest BCUT2D eigenvalue weighted by Gasteiger charge is -2.37. The summed E-state index contributed by atoms with van der Waals surface area (Å²) in [7, 11) is 0. The average molecular weight is 463 g/mol. The second-order valence-electron chi connectivity index (χ2n) is 8.14. The number of ether oxygens (including phenoxy) is 2. The van der Waals surface area contributed by atoms with E-state index in [-0.39, 0.29) is 12.8 Å². The third-order valence-corrected chi connectivity index (χ3v) is 6.34. The molecule has 1 atom stereocenters. The van der Waals surface area contributed by atoms with Crippen molar-refractivity contribution in [3.8, 4) is 22.9 Å². The summed E-state index contributed by atoms with van der Waals surface area (Å²) in [6, 6.07) is 15.7. The highest BCUT2D eigenvalue weighted by Crippen LogP contribution is 2.39. The van der Waals surface area contributed by atoms with E-state index in [9.17, 15) is 0 Å². The van der Waals surface area contributed by atoms with E-state index < -0.39 is 0 Å². The van der Waals surface area contributed by atoms with Crippen LogP contribution < -0.4 is 14.8 Å². The Morgan fingerprint density at radius 1 is 1.09 bits per heavy atom. The number of unbranched alkanes of at least 4 members (excludes halogenated alkanes) is 2. The minimum Gasteiger partial charge on any atom is -0.454 e. The van der Waals surface area contributed by atoms with Crippen LogP contribution in [-0.4, -0.2) is 33.5 Å². The van der Waals surface area contributed by atoms with Gasteiger partial charge in [0.1, 0.15) is 0 Å². The summed E-state index contributed by atoms with van der Waals surface area (Å²) in [5.41, 5.74) is 3.86. The van der Waals surface area contributed by atoms with Crippen LogP contribution in [0.15, 0.2) is 58.8 Å². The van der Waals surface area contributed by atoms with Crippen LogP contribution in [0.2, 0.25) is 0 Å². The summed E-state index contributed by atoms with van der Waals surface area (Å²) in [5, 5.41) is 8.50. The van der Waals surface area contributed by atoms with Gasteiger partial charge in [0, 0.05) is 17.8 Å². The predicted octanol–water partition coefficient (Wildman–Crippen LogP) is 5.32. The largest absolute Gasteiger partial charge is 0.454 e. The van der Waals surface area contributed by atoms with Gasteiger partial charge < -0.3 is 24.2 Å². The number of aromatic nitrogens is 2. The summed E-state index contributed by atoms with van der Waals surface area (Å²) in [4.78, 5) is 6.91. The summed E-state index contributed by atoms with van der Waals surface area (Å²) in [6.45, 7) is 5.34. The molecule has 0 saturated carbocycles. The van der Waals surface area contributed by atoms with Gasteiger partial charge in [0.25, 0.3) is 5.89 Å². The summed E-state index contributed by atoms with van der Waals surface area (Å²) in [5.74, 6) is 2.38. The lowest BCUT2D eigenvalue weighted by atomic mass is 9.94. The van der Waals surface area contributed by atoms with Crippen LogP contribution >= 0.6 is 12.2 Å². The van der Waals surface area contributed by atoms with E-state index in [1.165, 1.54) is 0 Å². The van der Waals surface area contributed by atoms with Gasteiger partial charge in [0.15, 0.2) is 16.6 Å². The van der Waals surface area contributed by atoms with Gasteiger partial charge in [0.2, 0.25) is 12.6 Å². The lowest BCUT2D eigenvalue weighted by Crippen LogP contribution is -2.46. The molecule has 170 valence electrons. The number of hydrogen-bond acceptors (Lipinski definition) is 6. The Hall–Kier alpha value is -3.39. The number of nitrogens with zero attached hydrogens (tertiary/aromatic N) is 3. The van der Waals surface area contributed by atoms with Crippen molar-refractivity contribution in [2.24, 2.45) is 0 Å². The molecule has 0 fully saturated rings. The smallest absolute Gasteiger partial charge is 0.258 e. The molecular weight excluding hydrogens is 436 g/mol. The summed E-state index contributed by atoms with van der Waals surface area (Å²) < 4.78 is 16.7. The minimum absolute atomic E-state index is 0.175. The minimum atomic E-state index is -0.175. The number of rotatable bonds is 7. The van der Waals surface area contributed by atoms with Crippen LogP contribution in [0.5, 0.6) is 11.5 Å². The van der Waals surface area contributed by atoms with Crippen molar-refractivity contribution >= 4 is 22.9 Å². The first-order chi connectivity index (χ1) is 16.2. The highest BCUT2D eigenvalue weighted by atomic mass is 32.1. The zero-order chi connectivity index (χ0) is 22.8. The molecule has 5 rings (SSSR count). The van der Waals surface area contributed by atoms with Gasteiger partial charge in [-0.15, -0.1) is 0 Å². The first kappa shape index (κ1) is 21.5. The normalized spacial score (nSPS) is 17.5. The van der Waals surface area contributed by atoms with E-state index in [1.807, 2.05) is 36.4 Å². The van der Waals surface area contributed by atoms with Crippen LogP contribution in [0.25, 0.3) is 17.0 Å². The van der Waals surface area contributed by atoms with Crippen LogP contribution in [0.3, 0.4) is 0 Å². The van der Waals surface area contributed by atoms with E-state index in [1.54, 1.807) is 0 Å². The number of allylic oxidation sites excluding steroid dienone is 1. The molecule has 2 aromatic carbocycles. The summed E-state index contributed by atoms with van der Waals surface area (Å²) in [6.07, 6.45) is 3.36. The highest BCUT2D eigenvalue weighted by Gasteiger charge is 2.33. The second-order valence-corrected chi connectivity index (χ2v) is 8.53. The molecule has 0 bridgehead atoms. The van der Waals surface area contributed by atoms with Crippen molar-refractivity contribution in [3.05, 3.63) is 65.7 Å². The van der Waals surface area contributed by atoms with E-state index in [0.717, 1.165) is 59.1 Å². The Morgan fingerprint density at radius 3 is 2.73 bits per heavy atom. The van der Waals surface area contributed by atoms with Crippen molar-refractivity contribution in [3.63, 3.8) is 0 Å². The van der Waals surface area contributed by atoms with Crippen molar-refractivity contribution < 1.29 is 14.0 Å². The molecule has 0 radical (unpaired) electrons. The molecular formula is C25H26N4O3S. The highest BCUT2D eigenvalue weighted by molar-refractivity contribution is 7.80. The second kappa shape index (κ2) is 9.23. The fraction of sp³-hybridized carbons (Fsp3) is 0.320. The van der Waals surface area contributed by atoms with Gasteiger partial charge >= 0.3 is 0 Å². The maximum Gasteiger partial charge on any atom is 0.258 e.